The van der Waals surface area contributed by atoms with Crippen molar-refractivity contribution in [3.63, 3.8) is 0 Å². The van der Waals surface area contributed by atoms with E-state index < -0.39 is 6.29 Å². The quantitative estimate of drug-likeness (QED) is 0.714. The van der Waals surface area contributed by atoms with Crippen molar-refractivity contribution in [3.8, 4) is 0 Å². The fourth-order valence-corrected chi connectivity index (χ4v) is 3.47. The Hall–Kier alpha value is -3.38. The highest BCUT2D eigenvalue weighted by atomic mass is 16.2. The number of rotatable bonds is 6. The van der Waals surface area contributed by atoms with Gasteiger partial charge >= 0.3 is 0 Å². The molecule has 1 aliphatic carbocycles. The molecule has 2 heterocycles. The fraction of sp³-hybridized carbons (Fsp3) is 0.217. The number of benzene rings is 2. The Balaban J connectivity index is 1.27. The van der Waals surface area contributed by atoms with Gasteiger partial charge in [-0.15, -0.1) is 0 Å². The van der Waals surface area contributed by atoms with Gasteiger partial charge in [-0.25, -0.2) is 4.99 Å². The molecule has 5 rings (SSSR count). The van der Waals surface area contributed by atoms with Crippen molar-refractivity contribution < 1.29 is 4.79 Å². The maximum absolute atomic E-state index is 12.0. The van der Waals surface area contributed by atoms with E-state index >= 15 is 0 Å². The van der Waals surface area contributed by atoms with E-state index in [1.807, 2.05) is 35.5 Å². The molecule has 0 spiro atoms. The van der Waals surface area contributed by atoms with E-state index in [4.69, 9.17) is 0 Å². The molecule has 6 heteroatoms. The van der Waals surface area contributed by atoms with Crippen LogP contribution in [0, 0.1) is 5.92 Å². The van der Waals surface area contributed by atoms with Crippen LogP contribution in [0.1, 0.15) is 24.0 Å². The second-order valence-electron chi connectivity index (χ2n) is 7.48. The summed E-state index contributed by atoms with van der Waals surface area (Å²) in [5.41, 5.74) is 7.64. The van der Waals surface area contributed by atoms with Gasteiger partial charge in [0.25, 0.3) is 0 Å². The molecule has 2 aliphatic heterocycles. The summed E-state index contributed by atoms with van der Waals surface area (Å²) < 4.78 is 0. The lowest BCUT2D eigenvalue weighted by Gasteiger charge is -2.21. The smallest absolute Gasteiger partial charge is 0.225 e. The molecular weight excluding hydrogens is 362 g/mol. The van der Waals surface area contributed by atoms with Gasteiger partial charge in [0.1, 0.15) is 0 Å². The predicted octanol–water partition coefficient (Wildman–Crippen LogP) is 3.24. The van der Waals surface area contributed by atoms with Gasteiger partial charge in [-0.1, -0.05) is 42.5 Å². The maximum atomic E-state index is 12.0. The molecular formula is C23H23N5O. The predicted molar refractivity (Wildman–Crippen MR) is 114 cm³/mol. The fourth-order valence-electron chi connectivity index (χ4n) is 3.47. The molecule has 2 aromatic rings. The number of fused-ring (bicyclic) bond motifs is 1. The molecule has 1 amide bonds. The van der Waals surface area contributed by atoms with Crippen LogP contribution in [-0.4, -0.2) is 23.0 Å². The van der Waals surface area contributed by atoms with Crippen molar-refractivity contribution in [1.29, 1.82) is 0 Å². The van der Waals surface area contributed by atoms with Gasteiger partial charge in [0.15, 0.2) is 12.1 Å². The first kappa shape index (κ1) is 17.7. The van der Waals surface area contributed by atoms with Gasteiger partial charge in [-0.2, -0.15) is 5.43 Å². The number of nitrogens with zero attached hydrogens (tertiary/aromatic N) is 2. The molecule has 1 fully saturated rings. The Morgan fingerprint density at radius 3 is 2.66 bits per heavy atom. The van der Waals surface area contributed by atoms with Gasteiger partial charge in [0.05, 0.1) is 0 Å². The first-order valence-corrected chi connectivity index (χ1v) is 9.97. The van der Waals surface area contributed by atoms with Crippen molar-refractivity contribution in [3.05, 3.63) is 84.1 Å². The molecule has 3 N–H and O–H groups in total. The average molecular weight is 385 g/mol. The number of aliphatic imine (C=N–C) groups is 1. The van der Waals surface area contributed by atoms with Crippen LogP contribution in [0.15, 0.2) is 77.9 Å². The lowest BCUT2D eigenvalue weighted by molar-refractivity contribution is -0.123. The third kappa shape index (κ3) is 3.93. The molecule has 0 saturated heterocycles. The van der Waals surface area contributed by atoms with Crippen molar-refractivity contribution >= 4 is 23.0 Å². The maximum Gasteiger partial charge on any atom is 0.225 e. The Bertz CT molecular complexity index is 990. The second-order valence-corrected chi connectivity index (χ2v) is 7.48. The molecule has 3 aliphatic rings. The number of nitrogens with one attached hydrogen (secondary N) is 3. The monoisotopic (exact) mass is 385 g/mol. The van der Waals surface area contributed by atoms with Crippen molar-refractivity contribution in [2.24, 2.45) is 10.9 Å². The van der Waals surface area contributed by atoms with E-state index in [0.29, 0.717) is 0 Å². The molecule has 0 aromatic heterocycles. The minimum absolute atomic E-state index is 0.0787. The topological polar surface area (TPSA) is 68.8 Å². The summed E-state index contributed by atoms with van der Waals surface area (Å²) >= 11 is 0. The lowest BCUT2D eigenvalue weighted by Crippen LogP contribution is -2.46. The second kappa shape index (κ2) is 7.56. The van der Waals surface area contributed by atoms with E-state index in [1.54, 1.807) is 0 Å². The Labute approximate surface area is 170 Å². The summed E-state index contributed by atoms with van der Waals surface area (Å²) in [5, 5.41) is 8.28. The number of hydrogen-bond acceptors (Lipinski definition) is 5. The van der Waals surface area contributed by atoms with Gasteiger partial charge in [0, 0.05) is 29.9 Å². The molecule has 1 unspecified atom stereocenters. The SMILES string of the molecule is O=C(NC1N=C2C(c3ccc(NCc4ccccc4)cc3)=CC=CN2N1)C1CC1. The summed E-state index contributed by atoms with van der Waals surface area (Å²) in [6.45, 7) is 0.790. The molecule has 2 aromatic carbocycles. The first-order chi connectivity index (χ1) is 14.3. The molecule has 1 atom stereocenters. The average Bonchev–Trinajstić information content (AvgIpc) is 3.53. The van der Waals surface area contributed by atoms with E-state index in [1.165, 1.54) is 5.56 Å². The molecule has 146 valence electrons. The highest BCUT2D eigenvalue weighted by Crippen LogP contribution is 2.30. The van der Waals surface area contributed by atoms with Crippen molar-refractivity contribution in [2.75, 3.05) is 5.32 Å². The van der Waals surface area contributed by atoms with Gasteiger partial charge in [0.2, 0.25) is 5.91 Å². The largest absolute Gasteiger partial charge is 0.381 e. The van der Waals surface area contributed by atoms with Gasteiger partial charge in [-0.05, 0) is 48.3 Å². The zero-order valence-corrected chi connectivity index (χ0v) is 16.0. The number of hydrazine groups is 1. The summed E-state index contributed by atoms with van der Waals surface area (Å²) in [4.78, 5) is 16.7. The normalized spacial score (nSPS) is 20.0. The Kier molecular flexibility index (Phi) is 4.62. The van der Waals surface area contributed by atoms with Crippen LogP contribution in [-0.2, 0) is 11.3 Å². The van der Waals surface area contributed by atoms with Crippen LogP contribution in [0.5, 0.6) is 0 Å². The van der Waals surface area contributed by atoms with Crippen LogP contribution in [0.4, 0.5) is 5.69 Å². The molecule has 0 bridgehead atoms. The van der Waals surface area contributed by atoms with Crippen LogP contribution < -0.4 is 16.1 Å². The highest BCUT2D eigenvalue weighted by Gasteiger charge is 2.34. The van der Waals surface area contributed by atoms with Crippen LogP contribution in [0.25, 0.3) is 5.57 Å². The molecule has 29 heavy (non-hydrogen) atoms. The van der Waals surface area contributed by atoms with E-state index in [0.717, 1.165) is 42.0 Å². The van der Waals surface area contributed by atoms with Crippen LogP contribution >= 0.6 is 0 Å². The number of hydrogen-bond donors (Lipinski definition) is 3. The minimum Gasteiger partial charge on any atom is -0.381 e. The minimum atomic E-state index is -0.420. The zero-order valence-electron chi connectivity index (χ0n) is 16.0. The van der Waals surface area contributed by atoms with Crippen molar-refractivity contribution in [2.45, 2.75) is 25.7 Å². The number of allylic oxidation sites excluding steroid dienone is 2. The summed E-state index contributed by atoms with van der Waals surface area (Å²) in [6, 6.07) is 18.7. The Morgan fingerprint density at radius 2 is 1.90 bits per heavy atom. The number of amidine groups is 1. The third-order valence-corrected chi connectivity index (χ3v) is 5.24. The van der Waals surface area contributed by atoms with E-state index in [-0.39, 0.29) is 11.8 Å². The molecule has 1 saturated carbocycles. The number of anilines is 1. The number of amides is 1. The van der Waals surface area contributed by atoms with Crippen molar-refractivity contribution in [1.82, 2.24) is 15.8 Å². The standard InChI is InChI=1S/C23H23N5O/c29-22(18-8-9-18)26-23-25-21-20(7-4-14-28(21)27-23)17-10-12-19(13-11-17)24-15-16-5-2-1-3-6-16/h1-7,10-14,18,23-24,27H,8-9,15H2,(H,26,29). The van der Waals surface area contributed by atoms with Crippen LogP contribution in [0.2, 0.25) is 0 Å². The summed E-state index contributed by atoms with van der Waals surface area (Å²) in [6.07, 6.45) is 7.49. The lowest BCUT2D eigenvalue weighted by atomic mass is 10.0. The first-order valence-electron chi connectivity index (χ1n) is 9.97. The third-order valence-electron chi connectivity index (χ3n) is 5.24. The molecule has 6 nitrogen and oxygen atoms in total. The van der Waals surface area contributed by atoms with E-state index in [2.05, 4.69) is 63.5 Å². The zero-order chi connectivity index (χ0) is 19.6. The highest BCUT2D eigenvalue weighted by molar-refractivity contribution is 6.24. The summed E-state index contributed by atoms with van der Waals surface area (Å²) in [7, 11) is 0. The van der Waals surface area contributed by atoms with E-state index in [9.17, 15) is 4.79 Å². The molecule has 0 radical (unpaired) electrons. The van der Waals surface area contributed by atoms with Gasteiger partial charge < -0.3 is 10.6 Å². The summed E-state index contributed by atoms with van der Waals surface area (Å²) in [5.74, 6) is 1.06. The number of carbonyl (C=O) groups excluding carboxylic acids is 1. The van der Waals surface area contributed by atoms with Gasteiger partial charge in [-0.3, -0.25) is 9.80 Å². The van der Waals surface area contributed by atoms with Crippen LogP contribution in [0.3, 0.4) is 0 Å². The number of carbonyl (C=O) groups is 1. The Morgan fingerprint density at radius 1 is 1.10 bits per heavy atom.